The van der Waals surface area contributed by atoms with Crippen molar-refractivity contribution in [2.24, 2.45) is 0 Å². The number of benzene rings is 1. The Hall–Kier alpha value is -2.01. The van der Waals surface area contributed by atoms with Crippen LogP contribution in [0.15, 0.2) is 24.8 Å². The van der Waals surface area contributed by atoms with E-state index in [2.05, 4.69) is 22.9 Å². The van der Waals surface area contributed by atoms with E-state index in [1.165, 1.54) is 0 Å². The van der Waals surface area contributed by atoms with Crippen molar-refractivity contribution in [2.45, 2.75) is 18.9 Å². The van der Waals surface area contributed by atoms with Crippen molar-refractivity contribution in [3.05, 3.63) is 35.9 Å². The molecule has 1 amide bonds. The van der Waals surface area contributed by atoms with Gasteiger partial charge in [-0.05, 0) is 50.2 Å². The molecule has 1 heterocycles. The zero-order valence-corrected chi connectivity index (χ0v) is 12.7. The number of hydrogen-bond donors (Lipinski definition) is 2. The van der Waals surface area contributed by atoms with Crippen LogP contribution in [0.25, 0.3) is 5.57 Å². The zero-order valence-electron chi connectivity index (χ0n) is 12.7. The van der Waals surface area contributed by atoms with Gasteiger partial charge in [0.2, 0.25) is 0 Å². The van der Waals surface area contributed by atoms with Crippen molar-refractivity contribution in [2.75, 3.05) is 33.0 Å². The van der Waals surface area contributed by atoms with Crippen molar-refractivity contribution in [3.63, 3.8) is 0 Å². The Labute approximate surface area is 125 Å². The first-order valence-corrected chi connectivity index (χ1v) is 7.10. The number of nitrogen functional groups attached to an aromatic ring is 1. The number of ether oxygens (including phenoxy) is 1. The lowest BCUT2D eigenvalue weighted by molar-refractivity contribution is 0.177. The molecule has 0 spiro atoms. The van der Waals surface area contributed by atoms with Gasteiger partial charge in [-0.25, -0.2) is 4.79 Å². The van der Waals surface area contributed by atoms with E-state index in [9.17, 15) is 4.79 Å². The highest BCUT2D eigenvalue weighted by atomic mass is 16.6. The van der Waals surface area contributed by atoms with E-state index in [0.29, 0.717) is 6.61 Å². The number of anilines is 1. The molecule has 2 rings (SSSR count). The molecule has 0 bridgehead atoms. The molecule has 3 N–H and O–H groups in total. The molecule has 0 aromatic heterocycles. The lowest BCUT2D eigenvalue weighted by Gasteiger charge is -2.15. The Morgan fingerprint density at radius 2 is 2.29 bits per heavy atom. The minimum Gasteiger partial charge on any atom is -0.447 e. The fourth-order valence-corrected chi connectivity index (χ4v) is 2.35. The van der Waals surface area contributed by atoms with Crippen LogP contribution < -0.4 is 11.1 Å². The van der Waals surface area contributed by atoms with Crippen molar-refractivity contribution in [1.82, 2.24) is 10.2 Å². The van der Waals surface area contributed by atoms with Crippen LogP contribution >= 0.6 is 0 Å². The predicted octanol–water partition coefficient (Wildman–Crippen LogP) is 1.88. The quantitative estimate of drug-likeness (QED) is 0.785. The second-order valence-electron chi connectivity index (χ2n) is 5.72. The fourth-order valence-electron chi connectivity index (χ4n) is 2.35. The maximum Gasteiger partial charge on any atom is 0.407 e. The van der Waals surface area contributed by atoms with Crippen molar-refractivity contribution in [3.8, 4) is 0 Å². The van der Waals surface area contributed by atoms with Crippen LogP contribution in [0.5, 0.6) is 0 Å². The Kier molecular flexibility index (Phi) is 4.85. The number of carbonyl (C=O) groups excluding carboxylic acids is 1. The van der Waals surface area contributed by atoms with Crippen LogP contribution in [0.3, 0.4) is 0 Å². The SMILES string of the molecule is C=C(CCN(C)C)c1cc(C[C@H]2COC(=O)N2)ccc1N. The molecule has 1 aromatic carbocycles. The summed E-state index contributed by atoms with van der Waals surface area (Å²) < 4.78 is 4.91. The fraction of sp³-hybridized carbons (Fsp3) is 0.438. The molecular weight excluding hydrogens is 266 g/mol. The van der Waals surface area contributed by atoms with Gasteiger partial charge in [0, 0.05) is 17.8 Å². The van der Waals surface area contributed by atoms with Crippen LogP contribution in [0.4, 0.5) is 10.5 Å². The summed E-state index contributed by atoms with van der Waals surface area (Å²) in [5.74, 6) is 0. The Morgan fingerprint density at radius 1 is 1.52 bits per heavy atom. The molecule has 1 aliphatic rings. The molecule has 0 radical (unpaired) electrons. The van der Waals surface area contributed by atoms with Crippen molar-refractivity contribution >= 4 is 17.4 Å². The van der Waals surface area contributed by atoms with Crippen LogP contribution in [0, 0.1) is 0 Å². The molecule has 1 saturated heterocycles. The summed E-state index contributed by atoms with van der Waals surface area (Å²) in [6.45, 7) is 5.50. The van der Waals surface area contributed by atoms with E-state index in [1.807, 2.05) is 26.2 Å². The highest BCUT2D eigenvalue weighted by Gasteiger charge is 2.22. The first kappa shape index (κ1) is 15.4. The lowest BCUT2D eigenvalue weighted by Crippen LogP contribution is -2.28. The molecule has 114 valence electrons. The van der Waals surface area contributed by atoms with E-state index in [-0.39, 0.29) is 12.1 Å². The van der Waals surface area contributed by atoms with Gasteiger partial charge in [0.1, 0.15) is 6.61 Å². The van der Waals surface area contributed by atoms with Crippen LogP contribution in [-0.2, 0) is 11.2 Å². The van der Waals surface area contributed by atoms with Gasteiger partial charge in [-0.2, -0.15) is 0 Å². The number of alkyl carbamates (subject to hydrolysis) is 1. The third kappa shape index (κ3) is 4.23. The highest BCUT2D eigenvalue weighted by Crippen LogP contribution is 2.25. The Bertz CT molecular complexity index is 540. The number of cyclic esters (lactones) is 1. The first-order chi connectivity index (χ1) is 9.95. The van der Waals surface area contributed by atoms with Gasteiger partial charge < -0.3 is 20.7 Å². The lowest BCUT2D eigenvalue weighted by atomic mass is 9.97. The smallest absolute Gasteiger partial charge is 0.407 e. The normalized spacial score (nSPS) is 17.7. The average Bonchev–Trinajstić information content (AvgIpc) is 2.83. The molecule has 21 heavy (non-hydrogen) atoms. The van der Waals surface area contributed by atoms with Gasteiger partial charge in [-0.1, -0.05) is 12.6 Å². The van der Waals surface area contributed by atoms with Crippen LogP contribution in [0.1, 0.15) is 17.5 Å². The molecule has 5 nitrogen and oxygen atoms in total. The standard InChI is InChI=1S/C16H23N3O2/c1-11(6-7-19(2)3)14-9-12(4-5-15(14)17)8-13-10-21-16(20)18-13/h4-5,9,13H,1,6-8,10,17H2,2-3H3,(H,18,20)/t13-/m0/s1. The minimum atomic E-state index is -0.342. The van der Waals surface area contributed by atoms with Gasteiger partial charge in [-0.15, -0.1) is 0 Å². The summed E-state index contributed by atoms with van der Waals surface area (Å²) in [6.07, 6.45) is 1.27. The predicted molar refractivity (Wildman–Crippen MR) is 85.0 cm³/mol. The average molecular weight is 289 g/mol. The van der Waals surface area contributed by atoms with Gasteiger partial charge in [0.15, 0.2) is 0 Å². The van der Waals surface area contributed by atoms with E-state index in [0.717, 1.165) is 41.8 Å². The zero-order chi connectivity index (χ0) is 15.4. The molecule has 0 saturated carbocycles. The van der Waals surface area contributed by atoms with Gasteiger partial charge in [-0.3, -0.25) is 0 Å². The number of nitrogens with two attached hydrogens (primary N) is 1. The second kappa shape index (κ2) is 6.63. The van der Waals surface area contributed by atoms with E-state index >= 15 is 0 Å². The summed E-state index contributed by atoms with van der Waals surface area (Å²) in [7, 11) is 4.08. The molecule has 1 atom stereocenters. The molecule has 1 aromatic rings. The number of nitrogens with zero attached hydrogens (tertiary/aromatic N) is 1. The highest BCUT2D eigenvalue weighted by molar-refractivity contribution is 5.74. The molecule has 1 fully saturated rings. The van der Waals surface area contributed by atoms with E-state index in [1.54, 1.807) is 0 Å². The number of rotatable bonds is 6. The van der Waals surface area contributed by atoms with E-state index < -0.39 is 0 Å². The summed E-state index contributed by atoms with van der Waals surface area (Å²) >= 11 is 0. The molecule has 1 aliphatic heterocycles. The molecule has 0 unspecified atom stereocenters. The van der Waals surface area contributed by atoms with Crippen molar-refractivity contribution in [1.29, 1.82) is 0 Å². The summed E-state index contributed by atoms with van der Waals surface area (Å²) in [6, 6.07) is 5.99. The number of hydrogen-bond acceptors (Lipinski definition) is 4. The number of nitrogens with one attached hydrogen (secondary N) is 1. The van der Waals surface area contributed by atoms with Gasteiger partial charge in [0.05, 0.1) is 6.04 Å². The molecular formula is C16H23N3O2. The number of carbonyl (C=O) groups is 1. The monoisotopic (exact) mass is 289 g/mol. The topological polar surface area (TPSA) is 67.6 Å². The maximum atomic E-state index is 11.0. The van der Waals surface area contributed by atoms with Gasteiger partial charge >= 0.3 is 6.09 Å². The van der Waals surface area contributed by atoms with Crippen LogP contribution in [-0.4, -0.2) is 44.3 Å². The Morgan fingerprint density at radius 3 is 2.90 bits per heavy atom. The van der Waals surface area contributed by atoms with Crippen molar-refractivity contribution < 1.29 is 9.53 Å². The second-order valence-corrected chi connectivity index (χ2v) is 5.72. The first-order valence-electron chi connectivity index (χ1n) is 7.10. The van der Waals surface area contributed by atoms with E-state index in [4.69, 9.17) is 10.5 Å². The number of amides is 1. The molecule has 5 heteroatoms. The Balaban J connectivity index is 2.06. The summed E-state index contributed by atoms with van der Waals surface area (Å²) in [4.78, 5) is 13.2. The third-order valence-electron chi connectivity index (χ3n) is 3.58. The maximum absolute atomic E-state index is 11.0. The molecule has 0 aliphatic carbocycles. The summed E-state index contributed by atoms with van der Waals surface area (Å²) in [5, 5.41) is 2.78. The van der Waals surface area contributed by atoms with Crippen LogP contribution in [0.2, 0.25) is 0 Å². The third-order valence-corrected chi connectivity index (χ3v) is 3.58. The minimum absolute atomic E-state index is 0.0315. The largest absolute Gasteiger partial charge is 0.447 e. The summed E-state index contributed by atoms with van der Waals surface area (Å²) in [5.41, 5.74) is 9.97. The van der Waals surface area contributed by atoms with Gasteiger partial charge in [0.25, 0.3) is 0 Å².